The second-order valence-corrected chi connectivity index (χ2v) is 9.66. The highest BCUT2D eigenvalue weighted by molar-refractivity contribution is 5.59. The van der Waals surface area contributed by atoms with Gasteiger partial charge in [0.2, 0.25) is 11.8 Å². The van der Waals surface area contributed by atoms with Gasteiger partial charge in [-0.25, -0.2) is 9.67 Å². The monoisotopic (exact) mass is 528 g/mol. The first-order valence-electron chi connectivity index (χ1n) is 13.1. The molecule has 0 amide bonds. The number of hydrogen-bond acceptors (Lipinski definition) is 8. The lowest BCUT2D eigenvalue weighted by atomic mass is 9.84. The summed E-state index contributed by atoms with van der Waals surface area (Å²) in [7, 11) is 3.25. The molecule has 10 nitrogen and oxygen atoms in total. The molecule has 0 bridgehead atoms. The Balaban J connectivity index is 1.49. The van der Waals surface area contributed by atoms with E-state index in [9.17, 15) is 5.41 Å². The zero-order valence-electron chi connectivity index (χ0n) is 22.4. The van der Waals surface area contributed by atoms with Crippen LogP contribution in [0.15, 0.2) is 54.9 Å². The minimum atomic E-state index is -0.336. The Morgan fingerprint density at radius 2 is 1.74 bits per heavy atom. The van der Waals surface area contributed by atoms with Gasteiger partial charge in [0.05, 0.1) is 55.9 Å². The quantitative estimate of drug-likeness (QED) is 0.345. The molecule has 4 heterocycles. The van der Waals surface area contributed by atoms with Gasteiger partial charge in [-0.1, -0.05) is 24.3 Å². The molecule has 2 aromatic heterocycles. The number of nitrogens with zero attached hydrogens (tertiary/aromatic N) is 5. The van der Waals surface area contributed by atoms with Crippen LogP contribution in [0.4, 0.5) is 0 Å². The van der Waals surface area contributed by atoms with Gasteiger partial charge in [-0.15, -0.1) is 0 Å². The van der Waals surface area contributed by atoms with Crippen LogP contribution >= 0.6 is 0 Å². The molecule has 1 N–H and O–H groups in total. The standard InChI is InChI=1S/C29H32N6O4/c1-19-24-25(20-9-10-22(36-2)23(17-20)37-3)26-27(30)34(12-11-33-13-15-38-16-14-33)18-31-28(26)39-29(24)35(32-19)21-7-5-4-6-8-21/h4-10,17-18,25,30H,11-16H2,1-3H3/t25-/m0/s1. The van der Waals surface area contributed by atoms with Crippen molar-refractivity contribution in [3.8, 4) is 28.9 Å². The molecule has 1 saturated heterocycles. The normalized spacial score (nSPS) is 16.7. The van der Waals surface area contributed by atoms with Gasteiger partial charge in [-0.3, -0.25) is 10.3 Å². The van der Waals surface area contributed by atoms with Gasteiger partial charge in [0.15, 0.2) is 11.5 Å². The van der Waals surface area contributed by atoms with E-state index in [0.29, 0.717) is 40.9 Å². The van der Waals surface area contributed by atoms with Gasteiger partial charge in [0, 0.05) is 26.2 Å². The second-order valence-electron chi connectivity index (χ2n) is 9.66. The largest absolute Gasteiger partial charge is 0.493 e. The average molecular weight is 529 g/mol. The Hall–Kier alpha value is -4.15. The van der Waals surface area contributed by atoms with Crippen LogP contribution in [0.1, 0.15) is 28.3 Å². The molecule has 0 radical (unpaired) electrons. The summed E-state index contributed by atoms with van der Waals surface area (Å²) < 4.78 is 26.8. The van der Waals surface area contributed by atoms with Gasteiger partial charge in [0.25, 0.3) is 0 Å². The summed E-state index contributed by atoms with van der Waals surface area (Å²) in [6.07, 6.45) is 1.70. The van der Waals surface area contributed by atoms with Crippen molar-refractivity contribution in [1.82, 2.24) is 24.2 Å². The molecule has 10 heteroatoms. The maximum absolute atomic E-state index is 9.30. The van der Waals surface area contributed by atoms with E-state index in [1.54, 1.807) is 20.5 Å². The Bertz CT molecular complexity index is 1540. The maximum Gasteiger partial charge on any atom is 0.230 e. The average Bonchev–Trinajstić information content (AvgIpc) is 3.32. The first-order chi connectivity index (χ1) is 19.1. The smallest absolute Gasteiger partial charge is 0.230 e. The van der Waals surface area contributed by atoms with Gasteiger partial charge in [-0.2, -0.15) is 5.10 Å². The van der Waals surface area contributed by atoms with E-state index >= 15 is 0 Å². The number of hydrogen-bond donors (Lipinski definition) is 1. The number of morpholine rings is 1. The molecule has 2 aliphatic heterocycles. The highest BCUT2D eigenvalue weighted by Crippen LogP contribution is 2.48. The molecule has 4 aromatic rings. The van der Waals surface area contributed by atoms with Crippen LogP contribution in [-0.4, -0.2) is 71.3 Å². The zero-order valence-corrected chi connectivity index (χ0v) is 22.4. The van der Waals surface area contributed by atoms with E-state index < -0.39 is 0 Å². The third kappa shape index (κ3) is 4.55. The van der Waals surface area contributed by atoms with Crippen molar-refractivity contribution in [2.24, 2.45) is 0 Å². The van der Waals surface area contributed by atoms with E-state index in [1.807, 2.05) is 64.7 Å². The van der Waals surface area contributed by atoms with Crippen LogP contribution in [-0.2, 0) is 11.3 Å². The van der Waals surface area contributed by atoms with Crippen LogP contribution in [0.2, 0.25) is 0 Å². The fourth-order valence-corrected chi connectivity index (χ4v) is 5.38. The third-order valence-corrected chi connectivity index (χ3v) is 7.42. The van der Waals surface area contributed by atoms with Crippen LogP contribution < -0.4 is 19.7 Å². The van der Waals surface area contributed by atoms with E-state index in [-0.39, 0.29) is 5.92 Å². The molecule has 0 saturated carbocycles. The van der Waals surface area contributed by atoms with E-state index in [4.69, 9.17) is 29.0 Å². The Labute approximate surface area is 226 Å². The van der Waals surface area contributed by atoms with Crippen molar-refractivity contribution in [2.45, 2.75) is 19.4 Å². The predicted molar refractivity (Wildman–Crippen MR) is 144 cm³/mol. The van der Waals surface area contributed by atoms with E-state index in [2.05, 4.69) is 4.90 Å². The SMILES string of the molecule is COc1ccc([C@H]2c3c(C)nn(-c4ccccc4)c3Oc3ncn(CCN4CCOCC4)c(=N)c32)cc1OC. The van der Waals surface area contributed by atoms with Crippen molar-refractivity contribution in [3.05, 3.63) is 82.7 Å². The number of aryl methyl sites for hydroxylation is 1. The topological polar surface area (TPSA) is 99.7 Å². The molecule has 0 spiro atoms. The van der Waals surface area contributed by atoms with Gasteiger partial charge in [-0.05, 0) is 36.8 Å². The Morgan fingerprint density at radius 1 is 0.974 bits per heavy atom. The molecular formula is C29H32N6O4. The summed E-state index contributed by atoms with van der Waals surface area (Å²) in [5, 5.41) is 14.2. The highest BCUT2D eigenvalue weighted by Gasteiger charge is 2.37. The number of para-hydroxylation sites is 1. The van der Waals surface area contributed by atoms with Crippen molar-refractivity contribution in [1.29, 1.82) is 5.41 Å². The lowest BCUT2D eigenvalue weighted by molar-refractivity contribution is 0.0362. The van der Waals surface area contributed by atoms with Crippen LogP contribution in [0, 0.1) is 12.3 Å². The van der Waals surface area contributed by atoms with Crippen molar-refractivity contribution in [2.75, 3.05) is 47.1 Å². The Morgan fingerprint density at radius 3 is 2.49 bits per heavy atom. The highest BCUT2D eigenvalue weighted by atomic mass is 16.5. The Kier molecular flexibility index (Phi) is 6.80. The summed E-state index contributed by atoms with van der Waals surface area (Å²) in [6.45, 7) is 6.71. The molecule has 6 rings (SSSR count). The molecule has 1 fully saturated rings. The number of benzene rings is 2. The number of aromatic nitrogens is 4. The molecule has 39 heavy (non-hydrogen) atoms. The first kappa shape index (κ1) is 25.1. The summed E-state index contributed by atoms with van der Waals surface area (Å²) in [4.78, 5) is 7.07. The van der Waals surface area contributed by atoms with Crippen LogP contribution in [0.25, 0.3) is 5.69 Å². The molecule has 0 unspecified atom stereocenters. The fraction of sp³-hybridized carbons (Fsp3) is 0.345. The van der Waals surface area contributed by atoms with Crippen LogP contribution in [0.3, 0.4) is 0 Å². The van der Waals surface area contributed by atoms with Gasteiger partial charge < -0.3 is 23.5 Å². The molecule has 0 aliphatic carbocycles. The first-order valence-corrected chi connectivity index (χ1v) is 13.1. The fourth-order valence-electron chi connectivity index (χ4n) is 5.38. The second kappa shape index (κ2) is 10.5. The summed E-state index contributed by atoms with van der Waals surface area (Å²) in [5.74, 6) is 1.93. The maximum atomic E-state index is 9.30. The van der Waals surface area contributed by atoms with Crippen molar-refractivity contribution < 1.29 is 18.9 Å². The minimum absolute atomic E-state index is 0.336. The number of rotatable bonds is 7. The molecule has 2 aliphatic rings. The number of ether oxygens (including phenoxy) is 4. The minimum Gasteiger partial charge on any atom is -0.493 e. The third-order valence-electron chi connectivity index (χ3n) is 7.42. The molecule has 202 valence electrons. The van der Waals surface area contributed by atoms with Crippen molar-refractivity contribution >= 4 is 0 Å². The van der Waals surface area contributed by atoms with Crippen molar-refractivity contribution in [3.63, 3.8) is 0 Å². The predicted octanol–water partition coefficient (Wildman–Crippen LogP) is 3.49. The summed E-state index contributed by atoms with van der Waals surface area (Å²) >= 11 is 0. The summed E-state index contributed by atoms with van der Waals surface area (Å²) in [5.41, 5.74) is 4.62. The van der Waals surface area contributed by atoms with Gasteiger partial charge >= 0.3 is 0 Å². The molecular weight excluding hydrogens is 496 g/mol. The lowest BCUT2D eigenvalue weighted by Gasteiger charge is -2.29. The van der Waals surface area contributed by atoms with E-state index in [1.165, 1.54) is 0 Å². The van der Waals surface area contributed by atoms with Crippen LogP contribution in [0.5, 0.6) is 23.3 Å². The van der Waals surface area contributed by atoms with E-state index in [0.717, 1.165) is 55.4 Å². The lowest BCUT2D eigenvalue weighted by Crippen LogP contribution is -2.40. The number of nitrogens with one attached hydrogen (secondary N) is 1. The molecule has 2 aromatic carbocycles. The molecule has 1 atom stereocenters. The number of fused-ring (bicyclic) bond motifs is 2. The van der Waals surface area contributed by atoms with Gasteiger partial charge in [0.1, 0.15) is 11.8 Å². The zero-order chi connectivity index (χ0) is 26.9. The summed E-state index contributed by atoms with van der Waals surface area (Å²) in [6, 6.07) is 15.8. The number of methoxy groups -OCH3 is 2.